The Morgan fingerprint density at radius 1 is 1.20 bits per heavy atom. The Labute approximate surface area is 237 Å². The number of likely N-dealkylation sites (tertiary alicyclic amines) is 1. The lowest BCUT2D eigenvalue weighted by molar-refractivity contribution is -0.0337. The summed E-state index contributed by atoms with van der Waals surface area (Å²) in [6.45, 7) is 15.1. The molecule has 2 fully saturated rings. The van der Waals surface area contributed by atoms with Gasteiger partial charge in [-0.05, 0) is 70.7 Å². The Balaban J connectivity index is 1.57. The zero-order valence-electron chi connectivity index (χ0n) is 24.7. The lowest BCUT2D eigenvalue weighted by Gasteiger charge is -2.53. The maximum atomic E-state index is 14.3. The summed E-state index contributed by atoms with van der Waals surface area (Å²) in [6.07, 6.45) is 3.17. The first-order valence-electron chi connectivity index (χ1n) is 14.4. The fourth-order valence-corrected chi connectivity index (χ4v) is 6.10. The van der Waals surface area contributed by atoms with E-state index in [4.69, 9.17) is 15.2 Å². The van der Waals surface area contributed by atoms with Crippen molar-refractivity contribution < 1.29 is 18.7 Å². The number of halogens is 1. The highest BCUT2D eigenvalue weighted by Gasteiger charge is 2.50. The molecule has 0 radical (unpaired) electrons. The van der Waals surface area contributed by atoms with Crippen molar-refractivity contribution in [2.45, 2.75) is 66.0 Å². The molecule has 4 rings (SSSR count). The number of carbonyl (C=O) groups excluding carboxylic acids is 1. The Hall–Kier alpha value is -3.05. The summed E-state index contributed by atoms with van der Waals surface area (Å²) in [7, 11) is 1.49. The number of nitrogens with zero attached hydrogens (tertiary/aromatic N) is 6. The van der Waals surface area contributed by atoms with Gasteiger partial charge in [-0.15, -0.1) is 5.10 Å². The molecule has 2 N–H and O–H groups in total. The van der Waals surface area contributed by atoms with Gasteiger partial charge in [0.1, 0.15) is 11.6 Å². The van der Waals surface area contributed by atoms with Crippen LogP contribution in [-0.2, 0) is 0 Å². The van der Waals surface area contributed by atoms with Crippen LogP contribution in [0.4, 0.5) is 10.2 Å². The zero-order valence-corrected chi connectivity index (χ0v) is 24.7. The van der Waals surface area contributed by atoms with Crippen LogP contribution in [0.5, 0.6) is 17.6 Å². The lowest BCUT2D eigenvalue weighted by atomic mass is 9.76. The van der Waals surface area contributed by atoms with Gasteiger partial charge in [0.15, 0.2) is 5.82 Å². The van der Waals surface area contributed by atoms with E-state index >= 15 is 0 Å². The van der Waals surface area contributed by atoms with Crippen molar-refractivity contribution in [1.29, 1.82) is 0 Å². The smallest absolute Gasteiger partial charge is 0.337 e. The van der Waals surface area contributed by atoms with Gasteiger partial charge in [0.05, 0.1) is 12.7 Å². The summed E-state index contributed by atoms with van der Waals surface area (Å²) in [5.41, 5.74) is 6.09. The topological polar surface area (TPSA) is 110 Å². The van der Waals surface area contributed by atoms with E-state index in [1.165, 1.54) is 25.3 Å². The van der Waals surface area contributed by atoms with E-state index in [0.29, 0.717) is 24.3 Å². The fourth-order valence-electron chi connectivity index (χ4n) is 6.10. The second kappa shape index (κ2) is 12.6. The van der Waals surface area contributed by atoms with E-state index in [1.807, 2.05) is 20.8 Å². The normalized spacial score (nSPS) is 17.4. The Kier molecular flexibility index (Phi) is 9.45. The molecule has 220 valence electrons. The molecule has 10 nitrogen and oxygen atoms in total. The van der Waals surface area contributed by atoms with Crippen LogP contribution in [-0.4, -0.2) is 89.4 Å². The largest absolute Gasteiger partial charge is 0.466 e. The molecule has 1 spiro atoms. The molecule has 0 unspecified atom stereocenters. The van der Waals surface area contributed by atoms with Gasteiger partial charge in [0.25, 0.3) is 11.8 Å². The number of methoxy groups -OCH3 is 1. The number of carbonyl (C=O) groups is 1. The third-order valence-electron chi connectivity index (χ3n) is 8.16. The van der Waals surface area contributed by atoms with Gasteiger partial charge in [0.2, 0.25) is 0 Å². The summed E-state index contributed by atoms with van der Waals surface area (Å²) in [5, 5.41) is 8.29. The molecule has 1 aromatic carbocycles. The number of nitrogens with two attached hydrogens (primary N) is 1. The van der Waals surface area contributed by atoms with Crippen LogP contribution in [0.2, 0.25) is 0 Å². The van der Waals surface area contributed by atoms with Crippen LogP contribution >= 0.6 is 0 Å². The molecule has 2 saturated heterocycles. The lowest BCUT2D eigenvalue weighted by Crippen LogP contribution is -2.62. The molecule has 2 aromatic rings. The number of anilines is 1. The molecule has 1 aromatic heterocycles. The van der Waals surface area contributed by atoms with Gasteiger partial charge in [0, 0.05) is 50.2 Å². The van der Waals surface area contributed by atoms with Gasteiger partial charge in [-0.2, -0.15) is 4.98 Å². The van der Waals surface area contributed by atoms with Crippen molar-refractivity contribution in [3.63, 3.8) is 0 Å². The molecular weight excluding hydrogens is 513 g/mol. The van der Waals surface area contributed by atoms with Gasteiger partial charge in [-0.25, -0.2) is 4.39 Å². The van der Waals surface area contributed by atoms with E-state index in [-0.39, 0.29) is 40.6 Å². The van der Waals surface area contributed by atoms with Crippen molar-refractivity contribution in [1.82, 2.24) is 25.0 Å². The minimum Gasteiger partial charge on any atom is -0.466 e. The van der Waals surface area contributed by atoms with Gasteiger partial charge < -0.3 is 25.0 Å². The first-order valence-corrected chi connectivity index (χ1v) is 14.4. The zero-order chi connectivity index (χ0) is 29.0. The average molecular weight is 558 g/mol. The van der Waals surface area contributed by atoms with E-state index < -0.39 is 5.82 Å². The third-order valence-corrected chi connectivity index (χ3v) is 8.16. The standard InChI is InChI=1S/C29H44FN7O3/c1-7-37(20(4)5)27(38)22-15-21(30)10-11-24(22)40-26-25(32-28(39-6)34-33-26)35-14-12-29(16-35)17-36(18-29)23(19(2)3)9-8-13-31/h10-11,15,19-20,23H,7-9,12-14,16-18,31H2,1-6H3/t23-/m1/s1. The predicted octanol–water partition coefficient (Wildman–Crippen LogP) is 3.96. The van der Waals surface area contributed by atoms with Crippen LogP contribution in [0.25, 0.3) is 0 Å². The minimum absolute atomic E-state index is 0.0555. The number of amides is 1. The van der Waals surface area contributed by atoms with Crippen LogP contribution in [0.1, 0.15) is 64.2 Å². The number of ether oxygens (including phenoxy) is 2. The Morgan fingerprint density at radius 2 is 1.95 bits per heavy atom. The van der Waals surface area contributed by atoms with Gasteiger partial charge in [-0.3, -0.25) is 9.69 Å². The number of benzene rings is 1. The molecule has 40 heavy (non-hydrogen) atoms. The van der Waals surface area contributed by atoms with E-state index in [9.17, 15) is 9.18 Å². The van der Waals surface area contributed by atoms with Crippen molar-refractivity contribution in [3.8, 4) is 17.6 Å². The highest BCUT2D eigenvalue weighted by Crippen LogP contribution is 2.45. The van der Waals surface area contributed by atoms with Crippen molar-refractivity contribution >= 4 is 11.7 Å². The first-order chi connectivity index (χ1) is 19.1. The molecule has 0 bridgehead atoms. The third kappa shape index (κ3) is 6.30. The summed E-state index contributed by atoms with van der Waals surface area (Å²) < 4.78 is 25.7. The molecule has 1 amide bonds. The van der Waals surface area contributed by atoms with Gasteiger partial charge in [-0.1, -0.05) is 18.9 Å². The second-order valence-electron chi connectivity index (χ2n) is 11.7. The second-order valence-corrected chi connectivity index (χ2v) is 11.7. The van der Waals surface area contributed by atoms with Crippen LogP contribution in [0.15, 0.2) is 18.2 Å². The maximum absolute atomic E-state index is 14.3. The maximum Gasteiger partial charge on any atom is 0.337 e. The van der Waals surface area contributed by atoms with Gasteiger partial charge >= 0.3 is 6.01 Å². The van der Waals surface area contributed by atoms with Crippen LogP contribution in [0.3, 0.4) is 0 Å². The summed E-state index contributed by atoms with van der Waals surface area (Å²) in [6, 6.07) is 4.54. The Morgan fingerprint density at radius 3 is 2.58 bits per heavy atom. The number of hydrogen-bond donors (Lipinski definition) is 1. The minimum atomic E-state index is -0.517. The van der Waals surface area contributed by atoms with E-state index in [2.05, 4.69) is 38.8 Å². The highest BCUT2D eigenvalue weighted by atomic mass is 19.1. The fraction of sp³-hybridized carbons (Fsp3) is 0.655. The van der Waals surface area contributed by atoms with Crippen molar-refractivity contribution in [3.05, 3.63) is 29.6 Å². The molecule has 2 aliphatic rings. The predicted molar refractivity (Wildman–Crippen MR) is 152 cm³/mol. The average Bonchev–Trinajstić information content (AvgIpc) is 3.35. The monoisotopic (exact) mass is 557 g/mol. The quantitative estimate of drug-likeness (QED) is 0.415. The first kappa shape index (κ1) is 29.9. The Bertz CT molecular complexity index is 1170. The summed E-state index contributed by atoms with van der Waals surface area (Å²) in [5.74, 6) is 0.610. The molecule has 2 aliphatic heterocycles. The highest BCUT2D eigenvalue weighted by molar-refractivity contribution is 5.97. The summed E-state index contributed by atoms with van der Waals surface area (Å²) in [4.78, 5) is 24.3. The van der Waals surface area contributed by atoms with Crippen LogP contribution < -0.4 is 20.1 Å². The molecule has 0 saturated carbocycles. The number of aromatic nitrogens is 3. The molecule has 11 heteroatoms. The van der Waals surface area contributed by atoms with Crippen molar-refractivity contribution in [2.24, 2.45) is 17.1 Å². The number of rotatable bonds is 12. The van der Waals surface area contributed by atoms with Crippen LogP contribution in [0, 0.1) is 17.2 Å². The summed E-state index contributed by atoms with van der Waals surface area (Å²) >= 11 is 0. The molecule has 0 aliphatic carbocycles. The SMILES string of the molecule is CCN(C(=O)c1cc(F)ccc1Oc1nnc(OC)nc1N1CCC2(C1)CN([C@H](CCCN)C(C)C)C2)C(C)C. The van der Waals surface area contributed by atoms with E-state index in [0.717, 1.165) is 52.0 Å². The molecular formula is C29H44FN7O3. The van der Waals surface area contributed by atoms with E-state index in [1.54, 1.807) is 4.90 Å². The van der Waals surface area contributed by atoms with Crippen molar-refractivity contribution in [2.75, 3.05) is 51.3 Å². The molecule has 1 atom stereocenters. The number of hydrogen-bond acceptors (Lipinski definition) is 9. The molecule has 3 heterocycles.